The summed E-state index contributed by atoms with van der Waals surface area (Å²) in [4.78, 5) is 4.57. The Hall–Kier alpha value is -0.930. The van der Waals surface area contributed by atoms with Crippen LogP contribution in [0.4, 0.5) is 0 Å². The van der Waals surface area contributed by atoms with Crippen molar-refractivity contribution >= 4 is 0 Å². The van der Waals surface area contributed by atoms with Gasteiger partial charge in [-0.05, 0) is 61.6 Å². The Morgan fingerprint density at radius 2 is 2.11 bits per heavy atom. The quantitative estimate of drug-likeness (QED) is 0.902. The maximum Gasteiger partial charge on any atom is 0.0891 e. The first kappa shape index (κ1) is 11.9. The van der Waals surface area contributed by atoms with Crippen molar-refractivity contribution in [2.24, 2.45) is 5.92 Å². The highest BCUT2D eigenvalue weighted by Gasteiger charge is 2.39. The van der Waals surface area contributed by atoms with Crippen molar-refractivity contribution in [1.82, 2.24) is 10.3 Å². The van der Waals surface area contributed by atoms with Gasteiger partial charge in [-0.25, -0.2) is 0 Å². The SMILES string of the molecule is c1nc(CO[C@H]2CC3CC2CN3)cc2c1CCCC2. The maximum absolute atomic E-state index is 6.11. The highest BCUT2D eigenvalue weighted by Crippen LogP contribution is 2.33. The van der Waals surface area contributed by atoms with E-state index in [1.54, 1.807) is 0 Å². The van der Waals surface area contributed by atoms with Crippen LogP contribution in [-0.4, -0.2) is 23.7 Å². The number of hydrogen-bond acceptors (Lipinski definition) is 3. The molecule has 1 N–H and O–H groups in total. The molecule has 2 aliphatic carbocycles. The molecule has 0 spiro atoms. The number of nitrogens with zero attached hydrogens (tertiary/aromatic N) is 1. The normalized spacial score (nSPS) is 32.5. The van der Waals surface area contributed by atoms with E-state index in [0.29, 0.717) is 18.8 Å². The van der Waals surface area contributed by atoms with Gasteiger partial charge in [0.2, 0.25) is 0 Å². The van der Waals surface area contributed by atoms with Crippen molar-refractivity contribution in [2.75, 3.05) is 6.54 Å². The second kappa shape index (κ2) is 4.88. The molecular formula is C16H22N2O. The second-order valence-corrected chi connectivity index (χ2v) is 6.34. The van der Waals surface area contributed by atoms with E-state index in [4.69, 9.17) is 4.74 Å². The minimum atomic E-state index is 0.462. The molecule has 1 aliphatic heterocycles. The molecule has 3 heteroatoms. The summed E-state index contributed by atoms with van der Waals surface area (Å²) in [6.07, 6.45) is 10.1. The first-order valence-electron chi connectivity index (χ1n) is 7.70. The molecule has 1 saturated heterocycles. The van der Waals surface area contributed by atoms with Gasteiger partial charge in [-0.1, -0.05) is 0 Å². The van der Waals surface area contributed by atoms with Crippen LogP contribution in [-0.2, 0) is 24.2 Å². The van der Waals surface area contributed by atoms with E-state index in [1.165, 1.54) is 49.7 Å². The topological polar surface area (TPSA) is 34.1 Å². The maximum atomic E-state index is 6.11. The van der Waals surface area contributed by atoms with Crippen LogP contribution in [0, 0.1) is 5.92 Å². The minimum absolute atomic E-state index is 0.462. The average Bonchev–Trinajstić information content (AvgIpc) is 3.07. The fourth-order valence-electron chi connectivity index (χ4n) is 3.92. The van der Waals surface area contributed by atoms with E-state index in [0.717, 1.165) is 18.2 Å². The number of pyridine rings is 1. The number of nitrogens with one attached hydrogen (secondary N) is 1. The van der Waals surface area contributed by atoms with Gasteiger partial charge in [-0.2, -0.15) is 0 Å². The number of piperidine rings is 1. The van der Waals surface area contributed by atoms with E-state index < -0.39 is 0 Å². The summed E-state index contributed by atoms with van der Waals surface area (Å²) < 4.78 is 6.11. The molecule has 0 radical (unpaired) electrons. The van der Waals surface area contributed by atoms with Crippen LogP contribution in [0.15, 0.2) is 12.3 Å². The van der Waals surface area contributed by atoms with Crippen LogP contribution in [0.1, 0.15) is 42.5 Å². The zero-order valence-electron chi connectivity index (χ0n) is 11.4. The fraction of sp³-hybridized carbons (Fsp3) is 0.688. The molecule has 2 unspecified atom stereocenters. The number of fused-ring (bicyclic) bond motifs is 3. The lowest BCUT2D eigenvalue weighted by Gasteiger charge is -2.23. The summed E-state index contributed by atoms with van der Waals surface area (Å²) in [5.74, 6) is 0.739. The molecule has 2 bridgehead atoms. The predicted octanol–water partition coefficient (Wildman–Crippen LogP) is 2.23. The van der Waals surface area contributed by atoms with Crippen LogP contribution in [0.2, 0.25) is 0 Å². The molecule has 0 amide bonds. The molecular weight excluding hydrogens is 236 g/mol. The van der Waals surface area contributed by atoms with Crippen LogP contribution in [0.5, 0.6) is 0 Å². The summed E-state index contributed by atoms with van der Waals surface area (Å²) in [6.45, 7) is 1.84. The number of ether oxygens (including phenoxy) is 1. The monoisotopic (exact) mass is 258 g/mol. The lowest BCUT2D eigenvalue weighted by atomic mass is 9.93. The molecule has 2 heterocycles. The molecule has 4 rings (SSSR count). The number of aryl methyl sites for hydroxylation is 2. The number of hydrogen-bond donors (Lipinski definition) is 1. The van der Waals surface area contributed by atoms with Gasteiger partial charge in [0.15, 0.2) is 0 Å². The van der Waals surface area contributed by atoms with Crippen molar-refractivity contribution in [3.8, 4) is 0 Å². The molecule has 1 aromatic heterocycles. The predicted molar refractivity (Wildman–Crippen MR) is 74.0 cm³/mol. The van der Waals surface area contributed by atoms with E-state index in [-0.39, 0.29) is 0 Å². The van der Waals surface area contributed by atoms with E-state index in [2.05, 4.69) is 22.6 Å². The Morgan fingerprint density at radius 3 is 2.89 bits per heavy atom. The molecule has 2 fully saturated rings. The minimum Gasteiger partial charge on any atom is -0.372 e. The largest absolute Gasteiger partial charge is 0.372 e. The first-order chi connectivity index (χ1) is 9.38. The third kappa shape index (κ3) is 2.30. The molecule has 1 aromatic rings. The Balaban J connectivity index is 1.40. The van der Waals surface area contributed by atoms with Crippen LogP contribution >= 0.6 is 0 Å². The third-order valence-electron chi connectivity index (χ3n) is 5.03. The average molecular weight is 258 g/mol. The number of rotatable bonds is 3. The molecule has 0 aromatic carbocycles. The van der Waals surface area contributed by atoms with Gasteiger partial charge in [0.25, 0.3) is 0 Å². The van der Waals surface area contributed by atoms with E-state index in [9.17, 15) is 0 Å². The standard InChI is InChI=1S/C16H22N2O/c1-2-4-12-8-18-15(5-11(12)3-1)10-19-16-7-14-6-13(16)9-17-14/h5,8,13-14,16-17H,1-4,6-7,9-10H2/t13?,14?,16-/m0/s1. The van der Waals surface area contributed by atoms with Crippen molar-refractivity contribution in [2.45, 2.75) is 57.3 Å². The highest BCUT2D eigenvalue weighted by molar-refractivity contribution is 5.28. The van der Waals surface area contributed by atoms with Crippen molar-refractivity contribution < 1.29 is 4.74 Å². The smallest absolute Gasteiger partial charge is 0.0891 e. The zero-order chi connectivity index (χ0) is 12.7. The van der Waals surface area contributed by atoms with Gasteiger partial charge in [-0.3, -0.25) is 4.98 Å². The summed E-state index contributed by atoms with van der Waals surface area (Å²) in [6, 6.07) is 2.99. The highest BCUT2D eigenvalue weighted by atomic mass is 16.5. The van der Waals surface area contributed by atoms with Crippen molar-refractivity contribution in [1.29, 1.82) is 0 Å². The Labute approximate surface area is 114 Å². The van der Waals surface area contributed by atoms with Gasteiger partial charge in [0.05, 0.1) is 18.4 Å². The molecule has 1 saturated carbocycles. The van der Waals surface area contributed by atoms with Gasteiger partial charge in [0.1, 0.15) is 0 Å². The lowest BCUT2D eigenvalue weighted by molar-refractivity contribution is 0.00797. The van der Waals surface area contributed by atoms with Gasteiger partial charge < -0.3 is 10.1 Å². The zero-order valence-corrected chi connectivity index (χ0v) is 11.4. The molecule has 102 valence electrons. The van der Waals surface area contributed by atoms with Gasteiger partial charge in [-0.15, -0.1) is 0 Å². The first-order valence-corrected chi connectivity index (χ1v) is 7.70. The molecule has 3 nitrogen and oxygen atoms in total. The summed E-state index contributed by atoms with van der Waals surface area (Å²) in [5.41, 5.74) is 4.09. The lowest BCUT2D eigenvalue weighted by Crippen LogP contribution is -2.34. The summed E-state index contributed by atoms with van der Waals surface area (Å²) in [5, 5.41) is 3.53. The van der Waals surface area contributed by atoms with Crippen molar-refractivity contribution in [3.63, 3.8) is 0 Å². The molecule has 19 heavy (non-hydrogen) atoms. The third-order valence-corrected chi connectivity index (χ3v) is 5.03. The Kier molecular flexibility index (Phi) is 3.04. The Bertz CT molecular complexity index is 474. The van der Waals surface area contributed by atoms with Crippen LogP contribution in [0.25, 0.3) is 0 Å². The summed E-state index contributed by atoms with van der Waals surface area (Å²) in [7, 11) is 0. The summed E-state index contributed by atoms with van der Waals surface area (Å²) >= 11 is 0. The van der Waals surface area contributed by atoms with Crippen molar-refractivity contribution in [3.05, 3.63) is 29.1 Å². The Morgan fingerprint density at radius 1 is 1.21 bits per heavy atom. The van der Waals surface area contributed by atoms with Crippen LogP contribution < -0.4 is 5.32 Å². The van der Waals surface area contributed by atoms with E-state index in [1.807, 2.05) is 0 Å². The number of aromatic nitrogens is 1. The van der Waals surface area contributed by atoms with Gasteiger partial charge in [0, 0.05) is 18.8 Å². The van der Waals surface area contributed by atoms with E-state index >= 15 is 0 Å². The molecule has 3 atom stereocenters. The van der Waals surface area contributed by atoms with Crippen LogP contribution in [0.3, 0.4) is 0 Å². The molecule has 3 aliphatic rings. The van der Waals surface area contributed by atoms with Gasteiger partial charge >= 0.3 is 0 Å². The second-order valence-electron chi connectivity index (χ2n) is 6.34. The fourth-order valence-corrected chi connectivity index (χ4v) is 3.92.